The van der Waals surface area contributed by atoms with Gasteiger partial charge >= 0.3 is 0 Å². The van der Waals surface area contributed by atoms with Crippen LogP contribution in [0, 0.1) is 11.8 Å². The van der Waals surface area contributed by atoms with E-state index in [1.807, 2.05) is 29.2 Å². The minimum atomic E-state index is 0.145. The lowest BCUT2D eigenvalue weighted by molar-refractivity contribution is 0.0683. The molecule has 0 saturated carbocycles. The average Bonchev–Trinajstić information content (AvgIpc) is 2.45. The SMILES string of the molecule is CC(C)COc1ccc(C(=O)N2CCCC(C)C2)cc1. The van der Waals surface area contributed by atoms with E-state index < -0.39 is 0 Å². The molecule has 0 aromatic heterocycles. The van der Waals surface area contributed by atoms with Crippen LogP contribution in [0.25, 0.3) is 0 Å². The molecule has 3 nitrogen and oxygen atoms in total. The van der Waals surface area contributed by atoms with Gasteiger partial charge in [-0.25, -0.2) is 0 Å². The maximum absolute atomic E-state index is 12.4. The molecule has 1 atom stereocenters. The van der Waals surface area contributed by atoms with E-state index >= 15 is 0 Å². The fourth-order valence-electron chi connectivity index (χ4n) is 2.51. The third-order valence-electron chi connectivity index (χ3n) is 3.63. The van der Waals surface area contributed by atoms with Crippen LogP contribution in [0.15, 0.2) is 24.3 Å². The first-order valence-electron chi connectivity index (χ1n) is 7.58. The van der Waals surface area contributed by atoms with Crippen LogP contribution in [-0.4, -0.2) is 30.5 Å². The zero-order chi connectivity index (χ0) is 14.5. The fourth-order valence-corrected chi connectivity index (χ4v) is 2.51. The Hall–Kier alpha value is -1.51. The van der Waals surface area contributed by atoms with Crippen LogP contribution in [-0.2, 0) is 0 Å². The summed E-state index contributed by atoms with van der Waals surface area (Å²) in [6.45, 7) is 8.92. The normalized spacial score (nSPS) is 19.2. The van der Waals surface area contributed by atoms with Gasteiger partial charge in [0.15, 0.2) is 0 Å². The minimum absolute atomic E-state index is 0.145. The van der Waals surface area contributed by atoms with Crippen LogP contribution in [0.3, 0.4) is 0 Å². The summed E-state index contributed by atoms with van der Waals surface area (Å²) in [6, 6.07) is 7.53. The molecule has 1 aliphatic rings. The van der Waals surface area contributed by atoms with Crippen molar-refractivity contribution in [2.45, 2.75) is 33.6 Å². The smallest absolute Gasteiger partial charge is 0.253 e. The molecule has 1 amide bonds. The number of hydrogen-bond acceptors (Lipinski definition) is 2. The zero-order valence-corrected chi connectivity index (χ0v) is 12.8. The standard InChI is InChI=1S/C17H25NO2/c1-13(2)12-20-16-8-6-15(7-9-16)17(19)18-10-4-5-14(3)11-18/h6-9,13-14H,4-5,10-12H2,1-3H3. The molecular weight excluding hydrogens is 250 g/mol. The molecule has 2 rings (SSSR count). The molecule has 20 heavy (non-hydrogen) atoms. The molecule has 1 saturated heterocycles. The minimum Gasteiger partial charge on any atom is -0.493 e. The van der Waals surface area contributed by atoms with Crippen molar-refractivity contribution in [2.24, 2.45) is 11.8 Å². The summed E-state index contributed by atoms with van der Waals surface area (Å²) < 4.78 is 5.64. The second-order valence-electron chi connectivity index (χ2n) is 6.23. The number of benzene rings is 1. The average molecular weight is 275 g/mol. The molecule has 110 valence electrons. The Bertz CT molecular complexity index is 439. The van der Waals surface area contributed by atoms with E-state index in [-0.39, 0.29) is 5.91 Å². The first-order valence-corrected chi connectivity index (χ1v) is 7.58. The number of ether oxygens (including phenoxy) is 1. The maximum Gasteiger partial charge on any atom is 0.253 e. The molecule has 0 aliphatic carbocycles. The van der Waals surface area contributed by atoms with E-state index in [9.17, 15) is 4.79 Å². The first kappa shape index (κ1) is 14.9. The number of carbonyl (C=O) groups is 1. The summed E-state index contributed by atoms with van der Waals surface area (Å²) in [7, 11) is 0. The monoisotopic (exact) mass is 275 g/mol. The van der Waals surface area contributed by atoms with Gasteiger partial charge in [0.25, 0.3) is 5.91 Å². The Kier molecular flexibility index (Phi) is 5.05. The maximum atomic E-state index is 12.4. The Morgan fingerprint density at radius 3 is 2.65 bits per heavy atom. The second-order valence-corrected chi connectivity index (χ2v) is 6.23. The van der Waals surface area contributed by atoms with Crippen LogP contribution < -0.4 is 4.74 Å². The number of piperidine rings is 1. The van der Waals surface area contributed by atoms with Crippen molar-refractivity contribution < 1.29 is 9.53 Å². The predicted octanol–water partition coefficient (Wildman–Crippen LogP) is 3.59. The molecule has 0 spiro atoms. The number of rotatable bonds is 4. The third kappa shape index (κ3) is 3.99. The number of nitrogens with zero attached hydrogens (tertiary/aromatic N) is 1. The van der Waals surface area contributed by atoms with Crippen LogP contribution in [0.4, 0.5) is 0 Å². The highest BCUT2D eigenvalue weighted by Gasteiger charge is 2.21. The van der Waals surface area contributed by atoms with Crippen molar-refractivity contribution in [3.63, 3.8) is 0 Å². The fraction of sp³-hybridized carbons (Fsp3) is 0.588. The topological polar surface area (TPSA) is 29.5 Å². The van der Waals surface area contributed by atoms with Crippen molar-refractivity contribution in [2.75, 3.05) is 19.7 Å². The van der Waals surface area contributed by atoms with Gasteiger partial charge in [-0.05, 0) is 48.9 Å². The molecule has 0 radical (unpaired) electrons. The van der Waals surface area contributed by atoms with Gasteiger partial charge in [0.05, 0.1) is 6.61 Å². The highest BCUT2D eigenvalue weighted by atomic mass is 16.5. The van der Waals surface area contributed by atoms with Gasteiger partial charge in [0, 0.05) is 18.7 Å². The molecule has 1 aromatic rings. The quantitative estimate of drug-likeness (QED) is 0.840. The van der Waals surface area contributed by atoms with Crippen molar-refractivity contribution in [1.29, 1.82) is 0 Å². The Morgan fingerprint density at radius 1 is 1.35 bits per heavy atom. The highest BCUT2D eigenvalue weighted by molar-refractivity contribution is 5.94. The summed E-state index contributed by atoms with van der Waals surface area (Å²) in [6.07, 6.45) is 2.34. The number of hydrogen-bond donors (Lipinski definition) is 0. The lowest BCUT2D eigenvalue weighted by Gasteiger charge is -2.31. The lowest BCUT2D eigenvalue weighted by Crippen LogP contribution is -2.39. The molecule has 0 bridgehead atoms. The van der Waals surface area contributed by atoms with Gasteiger partial charge in [-0.1, -0.05) is 20.8 Å². The highest BCUT2D eigenvalue weighted by Crippen LogP contribution is 2.19. The number of likely N-dealkylation sites (tertiary alicyclic amines) is 1. The third-order valence-corrected chi connectivity index (χ3v) is 3.63. The largest absolute Gasteiger partial charge is 0.493 e. The van der Waals surface area contributed by atoms with E-state index in [0.29, 0.717) is 18.4 Å². The van der Waals surface area contributed by atoms with Gasteiger partial charge in [0.2, 0.25) is 0 Å². The van der Waals surface area contributed by atoms with Crippen molar-refractivity contribution in [3.8, 4) is 5.75 Å². The number of carbonyl (C=O) groups excluding carboxylic acids is 1. The van der Waals surface area contributed by atoms with Crippen molar-refractivity contribution >= 4 is 5.91 Å². The molecule has 3 heteroatoms. The van der Waals surface area contributed by atoms with Crippen LogP contribution >= 0.6 is 0 Å². The second kappa shape index (κ2) is 6.78. The molecule has 1 aliphatic heterocycles. The van der Waals surface area contributed by atoms with Crippen LogP contribution in [0.5, 0.6) is 5.75 Å². The van der Waals surface area contributed by atoms with Crippen molar-refractivity contribution in [3.05, 3.63) is 29.8 Å². The van der Waals surface area contributed by atoms with E-state index in [1.165, 1.54) is 6.42 Å². The van der Waals surface area contributed by atoms with Gasteiger partial charge in [-0.2, -0.15) is 0 Å². The van der Waals surface area contributed by atoms with E-state index in [2.05, 4.69) is 20.8 Å². The van der Waals surface area contributed by atoms with Gasteiger partial charge in [0.1, 0.15) is 5.75 Å². The number of amides is 1. The van der Waals surface area contributed by atoms with Crippen LogP contribution in [0.2, 0.25) is 0 Å². The Balaban J connectivity index is 1.96. The summed E-state index contributed by atoms with van der Waals surface area (Å²) >= 11 is 0. The zero-order valence-electron chi connectivity index (χ0n) is 12.8. The summed E-state index contributed by atoms with van der Waals surface area (Å²) in [5, 5.41) is 0. The first-order chi connectivity index (χ1) is 9.56. The molecule has 1 unspecified atom stereocenters. The van der Waals surface area contributed by atoms with Gasteiger partial charge < -0.3 is 9.64 Å². The predicted molar refractivity (Wildman–Crippen MR) is 81.1 cm³/mol. The van der Waals surface area contributed by atoms with E-state index in [1.54, 1.807) is 0 Å². The lowest BCUT2D eigenvalue weighted by atomic mass is 9.99. The van der Waals surface area contributed by atoms with Gasteiger partial charge in [-0.15, -0.1) is 0 Å². The molecule has 1 heterocycles. The van der Waals surface area contributed by atoms with E-state index in [0.717, 1.165) is 30.8 Å². The molecule has 1 aromatic carbocycles. The van der Waals surface area contributed by atoms with Gasteiger partial charge in [-0.3, -0.25) is 4.79 Å². The summed E-state index contributed by atoms with van der Waals surface area (Å²) in [5.74, 6) is 2.10. The van der Waals surface area contributed by atoms with E-state index in [4.69, 9.17) is 4.74 Å². The molecule has 1 fully saturated rings. The van der Waals surface area contributed by atoms with Crippen LogP contribution in [0.1, 0.15) is 44.0 Å². The summed E-state index contributed by atoms with van der Waals surface area (Å²) in [4.78, 5) is 14.4. The Labute approximate surface area is 121 Å². The molecular formula is C17H25NO2. The Morgan fingerprint density at radius 2 is 2.05 bits per heavy atom. The summed E-state index contributed by atoms with van der Waals surface area (Å²) in [5.41, 5.74) is 0.760. The molecule has 0 N–H and O–H groups in total. The van der Waals surface area contributed by atoms with Crippen molar-refractivity contribution in [1.82, 2.24) is 4.90 Å².